The van der Waals surface area contributed by atoms with Crippen molar-refractivity contribution in [3.63, 3.8) is 0 Å². The quantitative estimate of drug-likeness (QED) is 0.659. The largest absolute Gasteiger partial charge is 0.494 e. The zero-order chi connectivity index (χ0) is 19.9. The molecule has 0 unspecified atom stereocenters. The summed E-state index contributed by atoms with van der Waals surface area (Å²) in [5.74, 6) is 1.23. The van der Waals surface area contributed by atoms with Crippen LogP contribution in [0.2, 0.25) is 0 Å². The third-order valence-electron chi connectivity index (χ3n) is 4.64. The van der Waals surface area contributed by atoms with E-state index in [2.05, 4.69) is 15.5 Å². The summed E-state index contributed by atoms with van der Waals surface area (Å²) < 4.78 is 7.69. The second kappa shape index (κ2) is 9.50. The van der Waals surface area contributed by atoms with Crippen LogP contribution in [0.5, 0.6) is 5.75 Å². The van der Waals surface area contributed by atoms with Crippen LogP contribution in [-0.2, 0) is 16.1 Å². The van der Waals surface area contributed by atoms with E-state index in [-0.39, 0.29) is 24.8 Å². The zero-order valence-corrected chi connectivity index (χ0v) is 16.8. The summed E-state index contributed by atoms with van der Waals surface area (Å²) in [5, 5.41) is 9.75. The van der Waals surface area contributed by atoms with Crippen LogP contribution >= 0.6 is 12.2 Å². The molecule has 150 valence electrons. The first kappa shape index (κ1) is 20.1. The Morgan fingerprint density at radius 3 is 2.64 bits per heavy atom. The van der Waals surface area contributed by atoms with Crippen molar-refractivity contribution in [3.8, 4) is 17.1 Å². The Morgan fingerprint density at radius 1 is 1.25 bits per heavy atom. The number of nitrogens with zero attached hydrogens (tertiary/aromatic N) is 3. The fourth-order valence-corrected chi connectivity index (χ4v) is 3.39. The SMILES string of the molecule is CCOc1ccc(-c2n[nH]c(=S)n2CCC(=O)NCC(=O)N2CCCC2)cc1. The molecule has 0 atom stereocenters. The second-order valence-electron chi connectivity index (χ2n) is 6.58. The average Bonchev–Trinajstić information content (AvgIpc) is 3.36. The summed E-state index contributed by atoms with van der Waals surface area (Å²) in [6.07, 6.45) is 2.28. The van der Waals surface area contributed by atoms with Gasteiger partial charge in [0.1, 0.15) is 5.75 Å². The van der Waals surface area contributed by atoms with Gasteiger partial charge in [-0.05, 0) is 56.2 Å². The molecule has 1 aromatic heterocycles. The van der Waals surface area contributed by atoms with Gasteiger partial charge in [-0.15, -0.1) is 0 Å². The van der Waals surface area contributed by atoms with Gasteiger partial charge in [-0.2, -0.15) is 5.10 Å². The summed E-state index contributed by atoms with van der Waals surface area (Å²) in [5.41, 5.74) is 0.875. The summed E-state index contributed by atoms with van der Waals surface area (Å²) in [7, 11) is 0. The Hall–Kier alpha value is -2.68. The Labute approximate surface area is 168 Å². The second-order valence-corrected chi connectivity index (χ2v) is 6.96. The van der Waals surface area contributed by atoms with Crippen molar-refractivity contribution < 1.29 is 14.3 Å². The molecule has 28 heavy (non-hydrogen) atoms. The maximum Gasteiger partial charge on any atom is 0.241 e. The van der Waals surface area contributed by atoms with Crippen molar-refractivity contribution in [2.75, 3.05) is 26.2 Å². The molecule has 1 aliphatic heterocycles. The molecule has 0 bridgehead atoms. The average molecular weight is 404 g/mol. The smallest absolute Gasteiger partial charge is 0.241 e. The van der Waals surface area contributed by atoms with Gasteiger partial charge >= 0.3 is 0 Å². The summed E-state index contributed by atoms with van der Waals surface area (Å²) >= 11 is 5.30. The number of hydrogen-bond acceptors (Lipinski definition) is 5. The monoisotopic (exact) mass is 403 g/mol. The number of amides is 2. The van der Waals surface area contributed by atoms with Gasteiger partial charge in [0, 0.05) is 31.6 Å². The van der Waals surface area contributed by atoms with Crippen molar-refractivity contribution in [2.24, 2.45) is 0 Å². The van der Waals surface area contributed by atoms with E-state index in [4.69, 9.17) is 17.0 Å². The molecule has 3 rings (SSSR count). The molecule has 9 heteroatoms. The highest BCUT2D eigenvalue weighted by Gasteiger charge is 2.18. The lowest BCUT2D eigenvalue weighted by Crippen LogP contribution is -2.38. The van der Waals surface area contributed by atoms with Crippen LogP contribution < -0.4 is 10.1 Å². The normalized spacial score (nSPS) is 13.5. The van der Waals surface area contributed by atoms with Crippen LogP contribution in [0.3, 0.4) is 0 Å². The van der Waals surface area contributed by atoms with E-state index in [1.54, 1.807) is 9.47 Å². The van der Waals surface area contributed by atoms with Gasteiger partial charge in [0.2, 0.25) is 11.8 Å². The number of rotatable bonds is 8. The molecule has 1 aromatic carbocycles. The fraction of sp³-hybridized carbons (Fsp3) is 0.474. The lowest BCUT2D eigenvalue weighted by Gasteiger charge is -2.15. The van der Waals surface area contributed by atoms with Gasteiger partial charge < -0.3 is 15.0 Å². The number of benzene rings is 1. The minimum Gasteiger partial charge on any atom is -0.494 e. The third kappa shape index (κ3) is 4.98. The minimum atomic E-state index is -0.187. The summed E-state index contributed by atoms with van der Waals surface area (Å²) in [6.45, 7) is 4.52. The number of likely N-dealkylation sites (tertiary alicyclic amines) is 1. The molecule has 1 fully saturated rings. The van der Waals surface area contributed by atoms with Gasteiger partial charge in [0.25, 0.3) is 0 Å². The highest BCUT2D eigenvalue weighted by Crippen LogP contribution is 2.21. The van der Waals surface area contributed by atoms with Crippen LogP contribution in [0.25, 0.3) is 11.4 Å². The van der Waals surface area contributed by atoms with E-state index in [1.165, 1.54) is 0 Å². The first-order valence-corrected chi connectivity index (χ1v) is 9.92. The number of ether oxygens (including phenoxy) is 1. The summed E-state index contributed by atoms with van der Waals surface area (Å²) in [4.78, 5) is 26.0. The van der Waals surface area contributed by atoms with E-state index in [0.29, 0.717) is 23.7 Å². The van der Waals surface area contributed by atoms with Gasteiger partial charge in [-0.25, -0.2) is 0 Å². The Kier molecular flexibility index (Phi) is 6.80. The van der Waals surface area contributed by atoms with E-state index in [9.17, 15) is 9.59 Å². The number of H-pyrrole nitrogens is 1. The molecule has 0 saturated carbocycles. The Balaban J connectivity index is 1.57. The van der Waals surface area contributed by atoms with Crippen LogP contribution in [0.15, 0.2) is 24.3 Å². The van der Waals surface area contributed by atoms with Gasteiger partial charge in [0.05, 0.1) is 13.2 Å². The molecular weight excluding hydrogens is 378 g/mol. The van der Waals surface area contributed by atoms with E-state index < -0.39 is 0 Å². The van der Waals surface area contributed by atoms with Gasteiger partial charge in [-0.3, -0.25) is 19.3 Å². The molecule has 0 radical (unpaired) electrons. The van der Waals surface area contributed by atoms with Crippen molar-refractivity contribution in [1.82, 2.24) is 25.0 Å². The molecular formula is C19H25N5O3S. The number of carbonyl (C=O) groups excluding carboxylic acids is 2. The Bertz CT molecular complexity index is 868. The van der Waals surface area contributed by atoms with E-state index >= 15 is 0 Å². The molecule has 1 aliphatic rings. The number of nitrogens with one attached hydrogen (secondary N) is 2. The molecule has 1 saturated heterocycles. The Morgan fingerprint density at radius 2 is 1.96 bits per heavy atom. The predicted molar refractivity (Wildman–Crippen MR) is 107 cm³/mol. The van der Waals surface area contributed by atoms with Crippen molar-refractivity contribution in [2.45, 2.75) is 32.7 Å². The molecule has 2 N–H and O–H groups in total. The fourth-order valence-electron chi connectivity index (χ4n) is 3.17. The summed E-state index contributed by atoms with van der Waals surface area (Å²) in [6, 6.07) is 7.55. The lowest BCUT2D eigenvalue weighted by atomic mass is 10.2. The molecule has 0 aliphatic carbocycles. The predicted octanol–water partition coefficient (Wildman–Crippen LogP) is 2.14. The van der Waals surface area contributed by atoms with Crippen molar-refractivity contribution in [3.05, 3.63) is 29.0 Å². The molecule has 2 aromatic rings. The minimum absolute atomic E-state index is 0.0270. The maximum absolute atomic E-state index is 12.2. The zero-order valence-electron chi connectivity index (χ0n) is 15.9. The highest BCUT2D eigenvalue weighted by atomic mass is 32.1. The number of carbonyl (C=O) groups is 2. The molecule has 2 heterocycles. The molecule has 2 amide bonds. The number of aromatic amines is 1. The van der Waals surface area contributed by atoms with Gasteiger partial charge in [0.15, 0.2) is 10.6 Å². The third-order valence-corrected chi connectivity index (χ3v) is 4.95. The first-order chi connectivity index (χ1) is 13.6. The van der Waals surface area contributed by atoms with Crippen molar-refractivity contribution in [1.29, 1.82) is 0 Å². The van der Waals surface area contributed by atoms with Crippen LogP contribution in [0.1, 0.15) is 26.2 Å². The van der Waals surface area contributed by atoms with Gasteiger partial charge in [-0.1, -0.05) is 0 Å². The van der Waals surface area contributed by atoms with E-state index in [1.807, 2.05) is 31.2 Å². The highest BCUT2D eigenvalue weighted by molar-refractivity contribution is 7.71. The van der Waals surface area contributed by atoms with E-state index in [0.717, 1.165) is 37.2 Å². The topological polar surface area (TPSA) is 92.2 Å². The van der Waals surface area contributed by atoms with Crippen LogP contribution in [0.4, 0.5) is 0 Å². The number of aromatic nitrogens is 3. The van der Waals surface area contributed by atoms with Crippen LogP contribution in [-0.4, -0.2) is 57.7 Å². The standard InChI is InChI=1S/C19H25N5O3S/c1-2-27-15-7-5-14(6-8-15)18-21-22-19(28)24(18)12-9-16(25)20-13-17(26)23-10-3-4-11-23/h5-8H,2-4,9-13H2,1H3,(H,20,25)(H,22,28). The van der Waals surface area contributed by atoms with Crippen LogP contribution in [0, 0.1) is 4.77 Å². The number of hydrogen-bond donors (Lipinski definition) is 2. The van der Waals surface area contributed by atoms with Crippen molar-refractivity contribution >= 4 is 24.0 Å². The molecule has 8 nitrogen and oxygen atoms in total. The first-order valence-electron chi connectivity index (χ1n) is 9.51. The molecule has 0 spiro atoms. The lowest BCUT2D eigenvalue weighted by molar-refractivity contribution is -0.132. The maximum atomic E-state index is 12.2.